The van der Waals surface area contributed by atoms with Crippen LogP contribution >= 0.6 is 0 Å². The molecule has 0 radical (unpaired) electrons. The second-order valence-electron chi connectivity index (χ2n) is 6.45. The summed E-state index contributed by atoms with van der Waals surface area (Å²) < 4.78 is 7.01. The molecule has 128 valence electrons. The first kappa shape index (κ1) is 16.4. The van der Waals surface area contributed by atoms with Crippen molar-refractivity contribution >= 4 is 5.91 Å². The van der Waals surface area contributed by atoms with Gasteiger partial charge in [-0.25, -0.2) is 0 Å². The summed E-state index contributed by atoms with van der Waals surface area (Å²) in [6.07, 6.45) is 5.07. The summed E-state index contributed by atoms with van der Waals surface area (Å²) in [6, 6.07) is 1.56. The third kappa shape index (κ3) is 3.91. The molecule has 2 fully saturated rings. The fourth-order valence-corrected chi connectivity index (χ4v) is 3.57. The molecule has 2 heterocycles. The molecule has 1 aromatic rings. The van der Waals surface area contributed by atoms with Crippen molar-refractivity contribution in [3.63, 3.8) is 0 Å². The number of morpholine rings is 1. The molecule has 0 bridgehead atoms. The van der Waals surface area contributed by atoms with E-state index in [0.29, 0.717) is 18.9 Å². The van der Waals surface area contributed by atoms with Crippen LogP contribution in [0.25, 0.3) is 0 Å². The molecule has 3 rings (SSSR count). The van der Waals surface area contributed by atoms with E-state index in [1.165, 1.54) is 0 Å². The fraction of sp³-hybridized carbons (Fsp3) is 0.750. The SMILES string of the molecule is Cn1ccc(C(=O)N[C@@H]2CCCC[C@@H](N3CCOCC3)[C@@H]2O)n1. The molecule has 1 aliphatic carbocycles. The first-order chi connectivity index (χ1) is 11.1. The minimum Gasteiger partial charge on any atom is -0.389 e. The standard InChI is InChI=1S/C16H26N4O3/c1-19-7-6-13(18-19)16(22)17-12-4-2-3-5-14(15(12)21)20-8-10-23-11-9-20/h6-7,12,14-15,21H,2-5,8-11H2,1H3,(H,17,22)/t12-,14-,15-/m1/s1. The van der Waals surface area contributed by atoms with Crippen molar-refractivity contribution < 1.29 is 14.6 Å². The van der Waals surface area contributed by atoms with E-state index < -0.39 is 6.10 Å². The molecule has 1 aliphatic heterocycles. The molecule has 1 saturated heterocycles. The number of nitrogens with one attached hydrogen (secondary N) is 1. The highest BCUT2D eigenvalue weighted by atomic mass is 16.5. The second kappa shape index (κ2) is 7.42. The first-order valence-corrected chi connectivity index (χ1v) is 8.45. The van der Waals surface area contributed by atoms with Crippen molar-refractivity contribution in [1.82, 2.24) is 20.0 Å². The highest BCUT2D eigenvalue weighted by molar-refractivity contribution is 5.92. The van der Waals surface area contributed by atoms with Gasteiger partial charge in [0.05, 0.1) is 25.4 Å². The number of aromatic nitrogens is 2. The monoisotopic (exact) mass is 322 g/mol. The number of hydrogen-bond donors (Lipinski definition) is 2. The molecule has 2 N–H and O–H groups in total. The zero-order chi connectivity index (χ0) is 16.2. The number of carbonyl (C=O) groups is 1. The predicted molar refractivity (Wildman–Crippen MR) is 85.1 cm³/mol. The largest absolute Gasteiger partial charge is 0.389 e. The Morgan fingerprint density at radius 3 is 2.78 bits per heavy atom. The maximum Gasteiger partial charge on any atom is 0.272 e. The van der Waals surface area contributed by atoms with Gasteiger partial charge in [-0.1, -0.05) is 12.8 Å². The Kier molecular flexibility index (Phi) is 5.30. The van der Waals surface area contributed by atoms with Gasteiger partial charge in [-0.05, 0) is 18.9 Å². The fourth-order valence-electron chi connectivity index (χ4n) is 3.57. The molecule has 0 spiro atoms. The van der Waals surface area contributed by atoms with Gasteiger partial charge in [0.25, 0.3) is 5.91 Å². The molecule has 1 aromatic heterocycles. The average molecular weight is 322 g/mol. The number of rotatable bonds is 3. The normalized spacial score (nSPS) is 29.9. The molecular formula is C16H26N4O3. The number of aliphatic hydroxyl groups excluding tert-OH is 1. The lowest BCUT2D eigenvalue weighted by atomic mass is 9.99. The highest BCUT2D eigenvalue weighted by Crippen LogP contribution is 2.24. The Bertz CT molecular complexity index is 527. The molecule has 0 unspecified atom stereocenters. The van der Waals surface area contributed by atoms with Gasteiger partial charge in [0, 0.05) is 32.4 Å². The van der Waals surface area contributed by atoms with Crippen LogP contribution in [0.5, 0.6) is 0 Å². The van der Waals surface area contributed by atoms with Crippen LogP contribution < -0.4 is 5.32 Å². The summed E-state index contributed by atoms with van der Waals surface area (Å²) in [5.74, 6) is -0.211. The number of aryl methyl sites for hydroxylation is 1. The van der Waals surface area contributed by atoms with E-state index >= 15 is 0 Å². The van der Waals surface area contributed by atoms with E-state index in [-0.39, 0.29) is 18.0 Å². The molecule has 1 amide bonds. The molecule has 1 saturated carbocycles. The lowest BCUT2D eigenvalue weighted by Gasteiger charge is -2.38. The van der Waals surface area contributed by atoms with Gasteiger partial charge in [-0.3, -0.25) is 14.4 Å². The van der Waals surface area contributed by atoms with Crippen LogP contribution in [0.4, 0.5) is 0 Å². The van der Waals surface area contributed by atoms with E-state index in [9.17, 15) is 9.90 Å². The maximum atomic E-state index is 12.3. The Morgan fingerprint density at radius 2 is 2.09 bits per heavy atom. The number of carbonyl (C=O) groups excluding carboxylic acids is 1. The van der Waals surface area contributed by atoms with E-state index in [1.54, 1.807) is 24.0 Å². The van der Waals surface area contributed by atoms with E-state index in [1.807, 2.05) is 0 Å². The zero-order valence-corrected chi connectivity index (χ0v) is 13.6. The third-order valence-corrected chi connectivity index (χ3v) is 4.85. The van der Waals surface area contributed by atoms with E-state index in [4.69, 9.17) is 4.74 Å². The third-order valence-electron chi connectivity index (χ3n) is 4.85. The van der Waals surface area contributed by atoms with Gasteiger partial charge in [0.15, 0.2) is 0 Å². The quantitative estimate of drug-likeness (QED) is 0.775. The summed E-state index contributed by atoms with van der Waals surface area (Å²) in [7, 11) is 1.78. The van der Waals surface area contributed by atoms with Crippen LogP contribution in [0.3, 0.4) is 0 Å². The molecule has 7 nitrogen and oxygen atoms in total. The second-order valence-corrected chi connectivity index (χ2v) is 6.45. The predicted octanol–water partition coefficient (Wildman–Crippen LogP) is 0.154. The summed E-state index contributed by atoms with van der Waals surface area (Å²) in [4.78, 5) is 14.6. The number of amides is 1. The Labute approximate surface area is 136 Å². The number of hydrogen-bond acceptors (Lipinski definition) is 5. The Balaban J connectivity index is 1.66. The minimum absolute atomic E-state index is 0.0930. The summed E-state index contributed by atoms with van der Waals surface area (Å²) >= 11 is 0. The van der Waals surface area contributed by atoms with Gasteiger partial charge in [0.1, 0.15) is 5.69 Å². The maximum absolute atomic E-state index is 12.3. The summed E-state index contributed by atoms with van der Waals surface area (Å²) in [6.45, 7) is 3.13. The van der Waals surface area contributed by atoms with E-state index in [2.05, 4.69) is 15.3 Å². The van der Waals surface area contributed by atoms with Crippen LogP contribution in [-0.2, 0) is 11.8 Å². The topological polar surface area (TPSA) is 79.6 Å². The highest BCUT2D eigenvalue weighted by Gasteiger charge is 2.35. The van der Waals surface area contributed by atoms with Crippen molar-refractivity contribution in [3.05, 3.63) is 18.0 Å². The van der Waals surface area contributed by atoms with Crippen molar-refractivity contribution in [2.75, 3.05) is 26.3 Å². The van der Waals surface area contributed by atoms with Gasteiger partial charge < -0.3 is 15.2 Å². The van der Waals surface area contributed by atoms with Crippen molar-refractivity contribution in [2.24, 2.45) is 7.05 Å². The Morgan fingerprint density at radius 1 is 1.35 bits per heavy atom. The lowest BCUT2D eigenvalue weighted by Crippen LogP contribution is -2.55. The summed E-state index contributed by atoms with van der Waals surface area (Å²) in [5.41, 5.74) is 0.395. The Hall–Kier alpha value is -1.44. The van der Waals surface area contributed by atoms with Gasteiger partial charge >= 0.3 is 0 Å². The molecule has 3 atom stereocenters. The van der Waals surface area contributed by atoms with Crippen molar-refractivity contribution in [2.45, 2.75) is 43.9 Å². The molecule has 23 heavy (non-hydrogen) atoms. The van der Waals surface area contributed by atoms with Gasteiger partial charge in [-0.15, -0.1) is 0 Å². The van der Waals surface area contributed by atoms with Crippen LogP contribution in [0, 0.1) is 0 Å². The van der Waals surface area contributed by atoms with Crippen molar-refractivity contribution in [3.8, 4) is 0 Å². The molecular weight excluding hydrogens is 296 g/mol. The molecule has 7 heteroatoms. The molecule has 0 aromatic carbocycles. The van der Waals surface area contributed by atoms with Gasteiger partial charge in [-0.2, -0.15) is 5.10 Å². The zero-order valence-electron chi connectivity index (χ0n) is 13.6. The number of nitrogens with zero attached hydrogens (tertiary/aromatic N) is 3. The van der Waals surface area contributed by atoms with Crippen LogP contribution in [0.1, 0.15) is 36.2 Å². The van der Waals surface area contributed by atoms with Crippen LogP contribution in [0.15, 0.2) is 12.3 Å². The summed E-state index contributed by atoms with van der Waals surface area (Å²) in [5, 5.41) is 18.0. The van der Waals surface area contributed by atoms with E-state index in [0.717, 1.165) is 38.8 Å². The van der Waals surface area contributed by atoms with Crippen LogP contribution in [0.2, 0.25) is 0 Å². The smallest absolute Gasteiger partial charge is 0.272 e. The number of ether oxygens (including phenoxy) is 1. The van der Waals surface area contributed by atoms with Crippen molar-refractivity contribution in [1.29, 1.82) is 0 Å². The number of aliphatic hydroxyl groups is 1. The minimum atomic E-state index is -0.553. The first-order valence-electron chi connectivity index (χ1n) is 8.45. The lowest BCUT2D eigenvalue weighted by molar-refractivity contribution is -0.0308. The molecule has 2 aliphatic rings. The van der Waals surface area contributed by atoms with Gasteiger partial charge in [0.2, 0.25) is 0 Å². The van der Waals surface area contributed by atoms with Crippen LogP contribution in [-0.4, -0.2) is 70.2 Å². The average Bonchev–Trinajstić information content (AvgIpc) is 2.92.